The van der Waals surface area contributed by atoms with Gasteiger partial charge >= 0.3 is 6.03 Å². The number of anilines is 1. The van der Waals surface area contributed by atoms with Crippen LogP contribution >= 0.6 is 0 Å². The van der Waals surface area contributed by atoms with Gasteiger partial charge in [-0.25, -0.2) is 23.2 Å². The van der Waals surface area contributed by atoms with Crippen molar-refractivity contribution in [1.29, 1.82) is 0 Å². The Labute approximate surface area is 168 Å². The predicted octanol–water partition coefficient (Wildman–Crippen LogP) is 3.35. The van der Waals surface area contributed by atoms with Crippen molar-refractivity contribution in [2.45, 2.75) is 56.9 Å². The van der Waals surface area contributed by atoms with Crippen molar-refractivity contribution in [2.24, 2.45) is 9.50 Å². The first-order chi connectivity index (χ1) is 13.8. The van der Waals surface area contributed by atoms with Gasteiger partial charge in [0.1, 0.15) is 10.7 Å². The van der Waals surface area contributed by atoms with Crippen LogP contribution in [0.5, 0.6) is 5.88 Å². The summed E-state index contributed by atoms with van der Waals surface area (Å²) in [7, 11) is -3.57. The van der Waals surface area contributed by atoms with Gasteiger partial charge < -0.3 is 10.1 Å². The van der Waals surface area contributed by atoms with Gasteiger partial charge in [0.25, 0.3) is 0 Å². The highest BCUT2D eigenvalue weighted by Gasteiger charge is 2.26. The molecule has 0 saturated heterocycles. The molecule has 0 saturated carbocycles. The Hall–Kier alpha value is -2.46. The largest absolute Gasteiger partial charge is 0.477 e. The van der Waals surface area contributed by atoms with Gasteiger partial charge in [-0.1, -0.05) is 13.8 Å². The van der Waals surface area contributed by atoms with E-state index in [0.717, 1.165) is 36.8 Å². The number of aromatic nitrogens is 2. The molecule has 3 N–H and O–H groups in total. The maximum absolute atomic E-state index is 14.7. The lowest BCUT2D eigenvalue weighted by molar-refractivity contribution is 0.224. The Morgan fingerprint density at radius 1 is 1.41 bits per heavy atom. The zero-order valence-corrected chi connectivity index (χ0v) is 17.2. The summed E-state index contributed by atoms with van der Waals surface area (Å²) in [5.41, 5.74) is 2.64. The summed E-state index contributed by atoms with van der Waals surface area (Å²) in [5, 5.41) is 12.7. The lowest BCUT2D eigenvalue weighted by atomic mass is 9.94. The van der Waals surface area contributed by atoms with Gasteiger partial charge in [-0.15, -0.1) is 4.36 Å². The van der Waals surface area contributed by atoms with E-state index in [1.165, 1.54) is 6.20 Å². The minimum atomic E-state index is -3.57. The average Bonchev–Trinajstić information content (AvgIpc) is 3.27. The average molecular weight is 421 g/mol. The summed E-state index contributed by atoms with van der Waals surface area (Å²) in [5.74, 6) is -0.229. The first-order valence-corrected chi connectivity index (χ1v) is 11.2. The van der Waals surface area contributed by atoms with E-state index in [2.05, 4.69) is 14.8 Å². The molecule has 0 spiro atoms. The van der Waals surface area contributed by atoms with E-state index in [1.54, 1.807) is 10.7 Å². The molecule has 1 aliphatic carbocycles. The Bertz CT molecular complexity index is 1100. The SMILES string of the molecule is CC(C)c1c(F)cc2c(c1NC(=O)N=[S@@](N)(=O)c1cnn3c1OCCC3)CCC2. The first-order valence-electron chi connectivity index (χ1n) is 9.66. The molecular weight excluding hydrogens is 397 g/mol. The third-order valence-corrected chi connectivity index (χ3v) is 6.59. The highest BCUT2D eigenvalue weighted by Crippen LogP contribution is 2.37. The molecule has 0 fully saturated rings. The van der Waals surface area contributed by atoms with Crippen LogP contribution in [0, 0.1) is 5.82 Å². The Morgan fingerprint density at radius 3 is 2.97 bits per heavy atom. The Morgan fingerprint density at radius 2 is 2.21 bits per heavy atom. The van der Waals surface area contributed by atoms with E-state index in [-0.39, 0.29) is 22.5 Å². The molecule has 8 nitrogen and oxygen atoms in total. The summed E-state index contributed by atoms with van der Waals surface area (Å²) < 4.78 is 38.4. The number of ether oxygens (including phenoxy) is 1. The quantitative estimate of drug-likeness (QED) is 0.791. The molecule has 1 aromatic heterocycles. The summed E-state index contributed by atoms with van der Waals surface area (Å²) in [4.78, 5) is 12.7. The Balaban J connectivity index is 1.70. The van der Waals surface area contributed by atoms with Gasteiger partial charge in [-0.3, -0.25) is 0 Å². The number of aryl methyl sites for hydroxylation is 2. The molecule has 0 bridgehead atoms. The molecule has 1 aliphatic heterocycles. The van der Waals surface area contributed by atoms with Crippen LogP contribution in [0.4, 0.5) is 14.9 Å². The molecule has 29 heavy (non-hydrogen) atoms. The minimum absolute atomic E-state index is 0.0842. The normalized spacial score (nSPS) is 17.3. The topological polar surface area (TPSA) is 112 Å². The number of hydrogen-bond donors (Lipinski definition) is 2. The van der Waals surface area contributed by atoms with E-state index in [1.807, 2.05) is 13.8 Å². The number of carbonyl (C=O) groups excluding carboxylic acids is 1. The van der Waals surface area contributed by atoms with E-state index >= 15 is 0 Å². The first kappa shape index (κ1) is 19.8. The number of nitrogens with zero attached hydrogens (tertiary/aromatic N) is 3. The molecule has 156 valence electrons. The number of amides is 2. The van der Waals surface area contributed by atoms with Crippen LogP contribution in [0.25, 0.3) is 0 Å². The molecule has 1 atom stereocenters. The van der Waals surface area contributed by atoms with Crippen LogP contribution in [-0.2, 0) is 29.3 Å². The zero-order chi connectivity index (χ0) is 20.8. The number of rotatable bonds is 3. The van der Waals surface area contributed by atoms with Crippen molar-refractivity contribution in [3.05, 3.63) is 34.8 Å². The molecule has 0 unspecified atom stereocenters. The van der Waals surface area contributed by atoms with Gasteiger partial charge in [0.15, 0.2) is 9.92 Å². The number of carbonyl (C=O) groups is 1. The van der Waals surface area contributed by atoms with Crippen LogP contribution < -0.4 is 15.2 Å². The molecule has 2 aliphatic rings. The zero-order valence-electron chi connectivity index (χ0n) is 16.4. The van der Waals surface area contributed by atoms with Crippen molar-refractivity contribution in [3.8, 4) is 5.88 Å². The Kier molecular flexibility index (Phi) is 5.07. The van der Waals surface area contributed by atoms with Gasteiger partial charge in [-0.2, -0.15) is 5.10 Å². The van der Waals surface area contributed by atoms with Gasteiger partial charge in [0.05, 0.1) is 18.5 Å². The number of benzene rings is 1. The number of urea groups is 1. The number of nitrogens with two attached hydrogens (primary N) is 1. The maximum atomic E-state index is 14.7. The molecular formula is C19H24FN5O3S. The van der Waals surface area contributed by atoms with Gasteiger partial charge in [0, 0.05) is 18.5 Å². The van der Waals surface area contributed by atoms with E-state index in [4.69, 9.17) is 9.88 Å². The third kappa shape index (κ3) is 3.62. The second-order valence-electron chi connectivity index (χ2n) is 7.62. The van der Waals surface area contributed by atoms with Crippen molar-refractivity contribution in [2.75, 3.05) is 11.9 Å². The van der Waals surface area contributed by atoms with Crippen LogP contribution in [0.3, 0.4) is 0 Å². The monoisotopic (exact) mass is 421 g/mol. The number of fused-ring (bicyclic) bond motifs is 2. The van der Waals surface area contributed by atoms with Crippen molar-refractivity contribution in [1.82, 2.24) is 9.78 Å². The van der Waals surface area contributed by atoms with E-state index in [9.17, 15) is 13.4 Å². The van der Waals surface area contributed by atoms with Crippen molar-refractivity contribution < 1.29 is 18.1 Å². The van der Waals surface area contributed by atoms with Crippen molar-refractivity contribution >= 4 is 21.6 Å². The van der Waals surface area contributed by atoms with Crippen LogP contribution in [-0.4, -0.2) is 26.6 Å². The van der Waals surface area contributed by atoms with Gasteiger partial charge in [-0.05, 0) is 42.4 Å². The summed E-state index contributed by atoms with van der Waals surface area (Å²) in [6.45, 7) is 4.78. The number of nitrogens with one attached hydrogen (secondary N) is 1. The standard InChI is InChI=1S/C19H24FN5O3S/c1-11(2)16-14(20)9-12-5-3-6-13(12)17(16)23-19(26)24-29(21,27)15-10-22-25-7-4-8-28-18(15)25/h9-11H,3-8H2,1-2H3,(H3,21,23,24,26,27)/t29-/m1/s1. The molecule has 2 heterocycles. The third-order valence-electron chi connectivity index (χ3n) is 5.25. The van der Waals surface area contributed by atoms with E-state index in [0.29, 0.717) is 24.4 Å². The lowest BCUT2D eigenvalue weighted by Gasteiger charge is -2.18. The number of halogens is 1. The summed E-state index contributed by atoms with van der Waals surface area (Å²) in [6, 6.07) is 0.669. The fraction of sp³-hybridized carbons (Fsp3) is 0.474. The maximum Gasteiger partial charge on any atom is 0.354 e. The predicted molar refractivity (Wildman–Crippen MR) is 107 cm³/mol. The summed E-state index contributed by atoms with van der Waals surface area (Å²) in [6.07, 6.45) is 4.50. The van der Waals surface area contributed by atoms with E-state index < -0.39 is 15.9 Å². The highest BCUT2D eigenvalue weighted by atomic mass is 32.2. The van der Waals surface area contributed by atoms with Gasteiger partial charge in [0.2, 0.25) is 5.88 Å². The van der Waals surface area contributed by atoms with Crippen molar-refractivity contribution in [3.63, 3.8) is 0 Å². The van der Waals surface area contributed by atoms with Crippen LogP contribution in [0.1, 0.15) is 49.3 Å². The fourth-order valence-corrected chi connectivity index (χ4v) is 4.98. The summed E-state index contributed by atoms with van der Waals surface area (Å²) >= 11 is 0. The molecule has 4 rings (SSSR count). The minimum Gasteiger partial charge on any atom is -0.477 e. The lowest BCUT2D eigenvalue weighted by Crippen LogP contribution is -2.21. The fourth-order valence-electron chi connectivity index (χ4n) is 3.98. The second-order valence-corrected chi connectivity index (χ2v) is 9.38. The second kappa shape index (κ2) is 7.42. The molecule has 2 amide bonds. The number of hydrogen-bond acceptors (Lipinski definition) is 4. The molecule has 0 radical (unpaired) electrons. The molecule has 10 heteroatoms. The highest BCUT2D eigenvalue weighted by molar-refractivity contribution is 7.91. The smallest absolute Gasteiger partial charge is 0.354 e. The molecule has 2 aromatic rings. The van der Waals surface area contributed by atoms with Crippen LogP contribution in [0.2, 0.25) is 0 Å². The van der Waals surface area contributed by atoms with Crippen LogP contribution in [0.15, 0.2) is 21.5 Å². The molecule has 1 aromatic carbocycles.